The second-order valence-corrected chi connectivity index (χ2v) is 5.49. The summed E-state index contributed by atoms with van der Waals surface area (Å²) < 4.78 is 0. The lowest BCUT2D eigenvalue weighted by Gasteiger charge is -2.17. The number of carbonyl (C=O) groups is 1. The van der Waals surface area contributed by atoms with Crippen molar-refractivity contribution in [1.29, 1.82) is 0 Å². The maximum atomic E-state index is 12.0. The number of carbonyl (C=O) groups excluding carboxylic acids is 1. The molecule has 21 heavy (non-hydrogen) atoms. The van der Waals surface area contributed by atoms with Gasteiger partial charge in [-0.3, -0.25) is 10.1 Å². The smallest absolute Gasteiger partial charge is 0.319 e. The van der Waals surface area contributed by atoms with Crippen molar-refractivity contribution in [3.8, 4) is 0 Å². The Labute approximate surface area is 124 Å². The Morgan fingerprint density at radius 1 is 1.24 bits per heavy atom. The minimum Gasteiger partial charge on any atom is -0.335 e. The number of nitro groups is 1. The van der Waals surface area contributed by atoms with Crippen LogP contribution in [-0.2, 0) is 0 Å². The van der Waals surface area contributed by atoms with Crippen molar-refractivity contribution in [3.05, 3.63) is 33.9 Å². The highest BCUT2D eigenvalue weighted by Gasteiger charge is 2.17. The van der Waals surface area contributed by atoms with Gasteiger partial charge in [-0.15, -0.1) is 0 Å². The van der Waals surface area contributed by atoms with E-state index in [-0.39, 0.29) is 17.8 Å². The third kappa shape index (κ3) is 4.18. The summed E-state index contributed by atoms with van der Waals surface area (Å²) in [4.78, 5) is 22.5. The predicted molar refractivity (Wildman–Crippen MR) is 81.5 cm³/mol. The van der Waals surface area contributed by atoms with Crippen molar-refractivity contribution in [2.45, 2.75) is 51.5 Å². The Morgan fingerprint density at radius 3 is 2.52 bits per heavy atom. The van der Waals surface area contributed by atoms with Crippen molar-refractivity contribution in [2.24, 2.45) is 0 Å². The van der Waals surface area contributed by atoms with E-state index in [1.54, 1.807) is 19.1 Å². The number of benzene rings is 1. The van der Waals surface area contributed by atoms with Gasteiger partial charge in [-0.2, -0.15) is 0 Å². The number of nitrogens with zero attached hydrogens (tertiary/aromatic N) is 1. The van der Waals surface area contributed by atoms with Gasteiger partial charge in [0.15, 0.2) is 0 Å². The first-order valence-electron chi connectivity index (χ1n) is 7.39. The first-order chi connectivity index (χ1) is 10.1. The molecule has 2 rings (SSSR count). The van der Waals surface area contributed by atoms with Gasteiger partial charge < -0.3 is 10.6 Å². The van der Waals surface area contributed by atoms with Gasteiger partial charge in [0.2, 0.25) is 0 Å². The van der Waals surface area contributed by atoms with Gasteiger partial charge in [0.05, 0.1) is 16.2 Å². The topological polar surface area (TPSA) is 84.3 Å². The molecule has 1 fully saturated rings. The van der Waals surface area contributed by atoms with Crippen LogP contribution in [0, 0.1) is 17.0 Å². The zero-order chi connectivity index (χ0) is 15.2. The zero-order valence-electron chi connectivity index (χ0n) is 12.2. The van der Waals surface area contributed by atoms with Gasteiger partial charge in [0.25, 0.3) is 5.69 Å². The molecule has 0 aromatic heterocycles. The minimum absolute atomic E-state index is 0.0160. The first kappa shape index (κ1) is 15.3. The monoisotopic (exact) mass is 291 g/mol. The number of nitrogens with one attached hydrogen (secondary N) is 2. The molecule has 0 heterocycles. The molecule has 6 heteroatoms. The SMILES string of the molecule is Cc1c(NC(=O)NC2CCCCCC2)cccc1[N+](=O)[O-]. The summed E-state index contributed by atoms with van der Waals surface area (Å²) in [7, 11) is 0. The second kappa shape index (κ2) is 7.06. The molecule has 0 saturated heterocycles. The standard InChI is InChI=1S/C15H21N3O3/c1-11-13(9-6-10-14(11)18(20)21)17-15(19)16-12-7-4-2-3-5-8-12/h6,9-10,12H,2-5,7-8H2,1H3,(H2,16,17,19). The summed E-state index contributed by atoms with van der Waals surface area (Å²) in [5.74, 6) is 0. The number of rotatable bonds is 3. The van der Waals surface area contributed by atoms with E-state index in [1.165, 1.54) is 18.9 Å². The van der Waals surface area contributed by atoms with Crippen LogP contribution >= 0.6 is 0 Å². The van der Waals surface area contributed by atoms with Crippen LogP contribution in [0.2, 0.25) is 0 Å². The highest BCUT2D eigenvalue weighted by atomic mass is 16.6. The van der Waals surface area contributed by atoms with E-state index in [0.29, 0.717) is 11.3 Å². The molecule has 6 nitrogen and oxygen atoms in total. The summed E-state index contributed by atoms with van der Waals surface area (Å²) in [5, 5.41) is 16.6. The predicted octanol–water partition coefficient (Wildman–Crippen LogP) is 3.75. The number of nitro benzene ring substituents is 1. The van der Waals surface area contributed by atoms with Crippen LogP contribution in [0.25, 0.3) is 0 Å². The van der Waals surface area contributed by atoms with E-state index in [4.69, 9.17) is 0 Å². The van der Waals surface area contributed by atoms with Gasteiger partial charge in [0.1, 0.15) is 0 Å². The third-order valence-corrected chi connectivity index (χ3v) is 3.94. The van der Waals surface area contributed by atoms with Crippen molar-refractivity contribution >= 4 is 17.4 Å². The summed E-state index contributed by atoms with van der Waals surface area (Å²) >= 11 is 0. The maximum absolute atomic E-state index is 12.0. The molecule has 1 aromatic carbocycles. The molecule has 0 aliphatic heterocycles. The molecule has 114 valence electrons. The summed E-state index contributed by atoms with van der Waals surface area (Å²) in [6.07, 6.45) is 6.73. The second-order valence-electron chi connectivity index (χ2n) is 5.49. The average Bonchev–Trinajstić information content (AvgIpc) is 2.69. The third-order valence-electron chi connectivity index (χ3n) is 3.94. The Bertz CT molecular complexity index is 523. The summed E-state index contributed by atoms with van der Waals surface area (Å²) in [5.41, 5.74) is 0.969. The number of amides is 2. The van der Waals surface area contributed by atoms with E-state index < -0.39 is 4.92 Å². The molecule has 0 spiro atoms. The van der Waals surface area contributed by atoms with Gasteiger partial charge in [0, 0.05) is 12.1 Å². The summed E-state index contributed by atoms with van der Waals surface area (Å²) in [6, 6.07) is 4.60. The van der Waals surface area contributed by atoms with Gasteiger partial charge in [-0.1, -0.05) is 31.7 Å². The van der Waals surface area contributed by atoms with Crippen LogP contribution < -0.4 is 10.6 Å². The van der Waals surface area contributed by atoms with Crippen LogP contribution in [-0.4, -0.2) is 17.0 Å². The molecule has 1 aliphatic rings. The average molecular weight is 291 g/mol. The number of hydrogen-bond donors (Lipinski definition) is 2. The molecule has 0 radical (unpaired) electrons. The van der Waals surface area contributed by atoms with Crippen LogP contribution in [0.3, 0.4) is 0 Å². The first-order valence-corrected chi connectivity index (χ1v) is 7.39. The Kier molecular flexibility index (Phi) is 5.14. The quantitative estimate of drug-likeness (QED) is 0.505. The highest BCUT2D eigenvalue weighted by Crippen LogP contribution is 2.25. The fourth-order valence-electron chi connectivity index (χ4n) is 2.72. The van der Waals surface area contributed by atoms with Crippen molar-refractivity contribution in [3.63, 3.8) is 0 Å². The van der Waals surface area contributed by atoms with E-state index in [9.17, 15) is 14.9 Å². The largest absolute Gasteiger partial charge is 0.335 e. The minimum atomic E-state index is -0.441. The van der Waals surface area contributed by atoms with E-state index in [1.807, 2.05) is 0 Å². The van der Waals surface area contributed by atoms with E-state index in [2.05, 4.69) is 10.6 Å². The Hall–Kier alpha value is -2.11. The molecule has 0 bridgehead atoms. The molecule has 2 N–H and O–H groups in total. The van der Waals surface area contributed by atoms with Crippen LogP contribution in [0.4, 0.5) is 16.2 Å². The Morgan fingerprint density at radius 2 is 1.90 bits per heavy atom. The van der Waals surface area contributed by atoms with Crippen LogP contribution in [0.1, 0.15) is 44.1 Å². The molecule has 0 atom stereocenters. The van der Waals surface area contributed by atoms with Crippen molar-refractivity contribution < 1.29 is 9.72 Å². The number of anilines is 1. The molecule has 0 unspecified atom stereocenters. The van der Waals surface area contributed by atoms with Crippen LogP contribution in [0.15, 0.2) is 18.2 Å². The zero-order valence-corrected chi connectivity index (χ0v) is 12.2. The Balaban J connectivity index is 1.99. The van der Waals surface area contributed by atoms with Crippen molar-refractivity contribution in [1.82, 2.24) is 5.32 Å². The summed E-state index contributed by atoms with van der Waals surface area (Å²) in [6.45, 7) is 1.64. The molecular weight excluding hydrogens is 270 g/mol. The van der Waals surface area contributed by atoms with Gasteiger partial charge >= 0.3 is 6.03 Å². The van der Waals surface area contributed by atoms with Gasteiger partial charge in [-0.25, -0.2) is 4.79 Å². The molecule has 1 aromatic rings. The lowest BCUT2D eigenvalue weighted by Crippen LogP contribution is -2.37. The molecule has 1 saturated carbocycles. The number of urea groups is 1. The molecular formula is C15H21N3O3. The molecule has 1 aliphatic carbocycles. The fourth-order valence-corrected chi connectivity index (χ4v) is 2.72. The van der Waals surface area contributed by atoms with E-state index >= 15 is 0 Å². The number of hydrogen-bond acceptors (Lipinski definition) is 3. The normalized spacial score (nSPS) is 16.0. The lowest BCUT2D eigenvalue weighted by atomic mass is 10.1. The maximum Gasteiger partial charge on any atom is 0.319 e. The van der Waals surface area contributed by atoms with Gasteiger partial charge in [-0.05, 0) is 25.8 Å². The fraction of sp³-hybridized carbons (Fsp3) is 0.533. The lowest BCUT2D eigenvalue weighted by molar-refractivity contribution is -0.385. The molecule has 2 amide bonds. The van der Waals surface area contributed by atoms with E-state index in [0.717, 1.165) is 25.7 Å². The highest BCUT2D eigenvalue weighted by molar-refractivity contribution is 5.90. The van der Waals surface area contributed by atoms with Crippen LogP contribution in [0.5, 0.6) is 0 Å². The van der Waals surface area contributed by atoms with Crippen molar-refractivity contribution in [2.75, 3.05) is 5.32 Å².